The summed E-state index contributed by atoms with van der Waals surface area (Å²) in [6.45, 7) is 3.69. The molecule has 3 rings (SSSR count). The number of nitrogens with zero attached hydrogens (tertiary/aromatic N) is 2. The number of nitrogens with one attached hydrogen (secondary N) is 2. The maximum atomic E-state index is 13.8. The summed E-state index contributed by atoms with van der Waals surface area (Å²) in [5.41, 5.74) is 2.25. The van der Waals surface area contributed by atoms with Crippen molar-refractivity contribution in [3.05, 3.63) is 71.2 Å². The zero-order valence-corrected chi connectivity index (χ0v) is 13.6. The first kappa shape index (κ1) is 16.8. The van der Waals surface area contributed by atoms with Gasteiger partial charge in [-0.2, -0.15) is 4.98 Å². The Hall–Kier alpha value is -3.09. The fourth-order valence-corrected chi connectivity index (χ4v) is 2.28. The Labute approximate surface area is 142 Å². The van der Waals surface area contributed by atoms with Gasteiger partial charge in [0, 0.05) is 17.4 Å². The molecule has 0 aliphatic heterocycles. The van der Waals surface area contributed by atoms with Crippen molar-refractivity contribution in [2.45, 2.75) is 13.8 Å². The third-order valence-corrected chi connectivity index (χ3v) is 3.54. The maximum absolute atomic E-state index is 13.8. The molecule has 0 radical (unpaired) electrons. The Bertz CT molecular complexity index is 928. The normalized spacial score (nSPS) is 10.6. The van der Waals surface area contributed by atoms with Gasteiger partial charge in [-0.15, -0.1) is 0 Å². The summed E-state index contributed by atoms with van der Waals surface area (Å²) in [5, 5.41) is 5.73. The van der Waals surface area contributed by atoms with E-state index in [9.17, 15) is 13.2 Å². The number of hydrogen-bond donors (Lipinski definition) is 2. The van der Waals surface area contributed by atoms with Crippen LogP contribution in [-0.2, 0) is 0 Å². The number of halogens is 3. The van der Waals surface area contributed by atoms with Crippen molar-refractivity contribution in [2.24, 2.45) is 0 Å². The highest BCUT2D eigenvalue weighted by atomic mass is 19.2. The van der Waals surface area contributed by atoms with E-state index in [1.54, 1.807) is 13.0 Å². The molecule has 0 fully saturated rings. The molecule has 1 heterocycles. The molecule has 3 aromatic rings. The van der Waals surface area contributed by atoms with Gasteiger partial charge in [-0.25, -0.2) is 18.2 Å². The molecule has 7 heteroatoms. The average Bonchev–Trinajstić information content (AvgIpc) is 2.57. The molecule has 25 heavy (non-hydrogen) atoms. The molecule has 0 saturated heterocycles. The van der Waals surface area contributed by atoms with E-state index in [1.807, 2.05) is 31.2 Å². The van der Waals surface area contributed by atoms with Gasteiger partial charge in [-0.1, -0.05) is 18.2 Å². The van der Waals surface area contributed by atoms with Crippen LogP contribution >= 0.6 is 0 Å². The summed E-state index contributed by atoms with van der Waals surface area (Å²) in [4.78, 5) is 8.52. The van der Waals surface area contributed by atoms with E-state index in [4.69, 9.17) is 0 Å². The van der Waals surface area contributed by atoms with Crippen molar-refractivity contribution in [1.29, 1.82) is 0 Å². The molecule has 0 amide bonds. The number of hydrogen-bond acceptors (Lipinski definition) is 4. The zero-order valence-electron chi connectivity index (χ0n) is 13.6. The fourth-order valence-electron chi connectivity index (χ4n) is 2.28. The highest BCUT2D eigenvalue weighted by Gasteiger charge is 2.14. The number of aromatic nitrogens is 2. The summed E-state index contributed by atoms with van der Waals surface area (Å²) in [6, 6.07) is 11.1. The van der Waals surface area contributed by atoms with Gasteiger partial charge in [0.1, 0.15) is 5.82 Å². The molecule has 1 aromatic heterocycles. The molecular formula is C18H15F3N4. The van der Waals surface area contributed by atoms with Crippen LogP contribution in [-0.4, -0.2) is 9.97 Å². The molecule has 0 aliphatic carbocycles. The van der Waals surface area contributed by atoms with Gasteiger partial charge in [-0.3, -0.25) is 0 Å². The van der Waals surface area contributed by atoms with Crippen LogP contribution in [0.15, 0.2) is 42.5 Å². The topological polar surface area (TPSA) is 49.8 Å². The van der Waals surface area contributed by atoms with Gasteiger partial charge in [0.15, 0.2) is 17.5 Å². The standard InChI is InChI=1S/C18H15F3N4/c1-10-5-3-4-6-13(10)24-18-22-11(2)9-15(25-18)23-14-8-7-12(19)16(20)17(14)21/h3-9H,1-2H3,(H2,22,23,24,25). The van der Waals surface area contributed by atoms with E-state index in [0.29, 0.717) is 11.6 Å². The smallest absolute Gasteiger partial charge is 0.229 e. The molecule has 0 spiro atoms. The van der Waals surface area contributed by atoms with Gasteiger partial charge < -0.3 is 10.6 Å². The predicted molar refractivity (Wildman–Crippen MR) is 90.8 cm³/mol. The molecule has 0 aliphatic rings. The number of anilines is 4. The molecule has 4 nitrogen and oxygen atoms in total. The summed E-state index contributed by atoms with van der Waals surface area (Å²) < 4.78 is 40.2. The third kappa shape index (κ3) is 3.71. The van der Waals surface area contributed by atoms with E-state index in [1.165, 1.54) is 0 Å². The first-order valence-electron chi connectivity index (χ1n) is 7.53. The first-order valence-corrected chi connectivity index (χ1v) is 7.53. The molecule has 2 aromatic carbocycles. The van der Waals surface area contributed by atoms with Gasteiger partial charge in [0.2, 0.25) is 5.95 Å². The number of rotatable bonds is 4. The van der Waals surface area contributed by atoms with Crippen LogP contribution in [0.5, 0.6) is 0 Å². The largest absolute Gasteiger partial charge is 0.338 e. The molecule has 128 valence electrons. The van der Waals surface area contributed by atoms with E-state index in [2.05, 4.69) is 20.6 Å². The van der Waals surface area contributed by atoms with Gasteiger partial charge in [0.25, 0.3) is 0 Å². The second kappa shape index (κ2) is 6.80. The quantitative estimate of drug-likeness (QED) is 0.654. The fraction of sp³-hybridized carbons (Fsp3) is 0.111. The highest BCUT2D eigenvalue weighted by Crippen LogP contribution is 2.24. The lowest BCUT2D eigenvalue weighted by atomic mass is 10.2. The van der Waals surface area contributed by atoms with Gasteiger partial charge in [-0.05, 0) is 37.6 Å². The minimum atomic E-state index is -1.53. The number of aryl methyl sites for hydroxylation is 2. The Morgan fingerprint density at radius 1 is 0.800 bits per heavy atom. The van der Waals surface area contributed by atoms with Crippen LogP contribution in [0.1, 0.15) is 11.3 Å². The average molecular weight is 344 g/mol. The van der Waals surface area contributed by atoms with Crippen molar-refractivity contribution in [3.63, 3.8) is 0 Å². The number of para-hydroxylation sites is 1. The summed E-state index contributed by atoms with van der Waals surface area (Å²) in [7, 11) is 0. The Kier molecular flexibility index (Phi) is 4.56. The Morgan fingerprint density at radius 3 is 2.32 bits per heavy atom. The molecule has 0 unspecified atom stereocenters. The SMILES string of the molecule is Cc1cc(Nc2ccc(F)c(F)c2F)nc(Nc2ccccc2C)n1. The van der Waals surface area contributed by atoms with Crippen molar-refractivity contribution in [1.82, 2.24) is 9.97 Å². The van der Waals surface area contributed by atoms with Crippen LogP contribution < -0.4 is 10.6 Å². The van der Waals surface area contributed by atoms with Crippen molar-refractivity contribution < 1.29 is 13.2 Å². The van der Waals surface area contributed by atoms with Crippen LogP contribution in [0.4, 0.5) is 36.3 Å². The number of benzene rings is 2. The van der Waals surface area contributed by atoms with Crippen molar-refractivity contribution in [2.75, 3.05) is 10.6 Å². The molecule has 0 saturated carbocycles. The Morgan fingerprint density at radius 2 is 1.56 bits per heavy atom. The molecule has 2 N–H and O–H groups in total. The van der Waals surface area contributed by atoms with Crippen molar-refractivity contribution >= 4 is 23.1 Å². The van der Waals surface area contributed by atoms with Crippen LogP contribution in [0.25, 0.3) is 0 Å². The summed E-state index contributed by atoms with van der Waals surface area (Å²) in [5.74, 6) is -3.52. The summed E-state index contributed by atoms with van der Waals surface area (Å²) >= 11 is 0. The lowest BCUT2D eigenvalue weighted by Gasteiger charge is -2.12. The predicted octanol–water partition coefficient (Wildman–Crippen LogP) is 5.00. The monoisotopic (exact) mass is 344 g/mol. The minimum absolute atomic E-state index is 0.209. The second-order valence-corrected chi connectivity index (χ2v) is 5.51. The maximum Gasteiger partial charge on any atom is 0.229 e. The molecular weight excluding hydrogens is 329 g/mol. The van der Waals surface area contributed by atoms with Crippen LogP contribution in [0.3, 0.4) is 0 Å². The van der Waals surface area contributed by atoms with Crippen LogP contribution in [0, 0.1) is 31.3 Å². The first-order chi connectivity index (χ1) is 11.9. The summed E-state index contributed by atoms with van der Waals surface area (Å²) in [6.07, 6.45) is 0. The lowest BCUT2D eigenvalue weighted by molar-refractivity contribution is 0.449. The third-order valence-electron chi connectivity index (χ3n) is 3.54. The van der Waals surface area contributed by atoms with Gasteiger partial charge >= 0.3 is 0 Å². The zero-order chi connectivity index (χ0) is 18.0. The molecule has 0 atom stereocenters. The highest BCUT2D eigenvalue weighted by molar-refractivity contribution is 5.62. The molecule has 0 bridgehead atoms. The second-order valence-electron chi connectivity index (χ2n) is 5.51. The van der Waals surface area contributed by atoms with E-state index >= 15 is 0 Å². The lowest BCUT2D eigenvalue weighted by Crippen LogP contribution is -2.05. The Balaban J connectivity index is 1.90. The van der Waals surface area contributed by atoms with E-state index < -0.39 is 17.5 Å². The van der Waals surface area contributed by atoms with E-state index in [0.717, 1.165) is 23.4 Å². The van der Waals surface area contributed by atoms with E-state index in [-0.39, 0.29) is 11.5 Å². The minimum Gasteiger partial charge on any atom is -0.338 e. The van der Waals surface area contributed by atoms with Gasteiger partial charge in [0.05, 0.1) is 5.69 Å². The van der Waals surface area contributed by atoms with Crippen molar-refractivity contribution in [3.8, 4) is 0 Å². The van der Waals surface area contributed by atoms with Crippen LogP contribution in [0.2, 0.25) is 0 Å².